The average molecular weight is 256 g/mol. The van der Waals surface area contributed by atoms with Crippen molar-refractivity contribution in [1.82, 2.24) is 5.32 Å². The van der Waals surface area contributed by atoms with Crippen LogP contribution in [0.3, 0.4) is 0 Å². The van der Waals surface area contributed by atoms with Crippen molar-refractivity contribution in [1.29, 1.82) is 0 Å². The first-order valence-electron chi connectivity index (χ1n) is 6.63. The smallest absolute Gasteiger partial charge is 0.326 e. The van der Waals surface area contributed by atoms with Crippen LogP contribution >= 0.6 is 0 Å². The second-order valence-corrected chi connectivity index (χ2v) is 5.83. The number of carboxylic acid groups (broad SMARTS) is 1. The van der Waals surface area contributed by atoms with E-state index in [1.165, 1.54) is 0 Å². The van der Waals surface area contributed by atoms with Crippen molar-refractivity contribution in [2.75, 3.05) is 0 Å². The van der Waals surface area contributed by atoms with Gasteiger partial charge >= 0.3 is 5.97 Å². The lowest BCUT2D eigenvalue weighted by Crippen LogP contribution is -2.47. The number of carbonyl (C=O) groups excluding carboxylic acids is 1. The Kier molecular flexibility index (Phi) is 5.14. The van der Waals surface area contributed by atoms with Gasteiger partial charge in [0.05, 0.1) is 0 Å². The van der Waals surface area contributed by atoms with Crippen molar-refractivity contribution in [2.45, 2.75) is 64.0 Å². The van der Waals surface area contributed by atoms with Gasteiger partial charge in [-0.05, 0) is 25.2 Å². The molecule has 0 aromatic carbocycles. The number of carbonyl (C=O) groups is 2. The standard InChI is InChI=1S/C13H24N2O3/c1-9(2)7-10(12(17)18)15-11(16)8-13(14)5-3-4-6-13/h9-10H,3-8,14H2,1-2H3,(H,15,16)(H,17,18)/t10-/m1/s1. The predicted octanol–water partition coefficient (Wildman–Crippen LogP) is 1.26. The van der Waals surface area contributed by atoms with Gasteiger partial charge in [0.2, 0.25) is 5.91 Å². The van der Waals surface area contributed by atoms with Crippen molar-refractivity contribution in [3.8, 4) is 0 Å². The first-order chi connectivity index (χ1) is 8.32. The Balaban J connectivity index is 2.48. The summed E-state index contributed by atoms with van der Waals surface area (Å²) in [5.41, 5.74) is 5.68. The Hall–Kier alpha value is -1.10. The van der Waals surface area contributed by atoms with Crippen LogP contribution in [0.25, 0.3) is 0 Å². The number of hydrogen-bond acceptors (Lipinski definition) is 3. The molecule has 1 aliphatic carbocycles. The van der Waals surface area contributed by atoms with E-state index in [0.717, 1.165) is 25.7 Å². The van der Waals surface area contributed by atoms with E-state index in [1.54, 1.807) is 0 Å². The maximum atomic E-state index is 11.8. The fourth-order valence-electron chi connectivity index (χ4n) is 2.51. The molecule has 0 radical (unpaired) electrons. The number of aliphatic carboxylic acids is 1. The SMILES string of the molecule is CC(C)C[C@@H](NC(=O)CC1(N)CCCC1)C(=O)O. The Morgan fingerprint density at radius 3 is 2.33 bits per heavy atom. The number of hydrogen-bond donors (Lipinski definition) is 3. The van der Waals surface area contributed by atoms with Crippen molar-refractivity contribution in [2.24, 2.45) is 11.7 Å². The van der Waals surface area contributed by atoms with Gasteiger partial charge < -0.3 is 16.2 Å². The van der Waals surface area contributed by atoms with E-state index < -0.39 is 17.6 Å². The molecular weight excluding hydrogens is 232 g/mol. The van der Waals surface area contributed by atoms with Gasteiger partial charge in [0.25, 0.3) is 0 Å². The third-order valence-corrected chi connectivity index (χ3v) is 3.45. The first kappa shape index (κ1) is 15.0. The van der Waals surface area contributed by atoms with E-state index in [1.807, 2.05) is 13.8 Å². The largest absolute Gasteiger partial charge is 0.480 e. The van der Waals surface area contributed by atoms with Gasteiger partial charge in [-0.2, -0.15) is 0 Å². The van der Waals surface area contributed by atoms with E-state index >= 15 is 0 Å². The minimum atomic E-state index is -0.977. The summed E-state index contributed by atoms with van der Waals surface area (Å²) in [4.78, 5) is 22.9. The van der Waals surface area contributed by atoms with E-state index in [-0.39, 0.29) is 18.2 Å². The summed E-state index contributed by atoms with van der Waals surface area (Å²) in [6.07, 6.45) is 4.48. The van der Waals surface area contributed by atoms with Crippen LogP contribution in [0.15, 0.2) is 0 Å². The molecule has 18 heavy (non-hydrogen) atoms. The van der Waals surface area contributed by atoms with Gasteiger partial charge in [-0.25, -0.2) is 4.79 Å². The third kappa shape index (κ3) is 4.64. The Bertz CT molecular complexity index is 309. The first-order valence-corrected chi connectivity index (χ1v) is 6.63. The van der Waals surface area contributed by atoms with E-state index in [9.17, 15) is 9.59 Å². The van der Waals surface area contributed by atoms with E-state index in [2.05, 4.69) is 5.32 Å². The van der Waals surface area contributed by atoms with Crippen LogP contribution in [0.1, 0.15) is 52.4 Å². The monoisotopic (exact) mass is 256 g/mol. The summed E-state index contributed by atoms with van der Waals surface area (Å²) < 4.78 is 0. The molecule has 5 nitrogen and oxygen atoms in total. The van der Waals surface area contributed by atoms with Gasteiger partial charge in [-0.3, -0.25) is 4.79 Å². The summed E-state index contributed by atoms with van der Waals surface area (Å²) in [6.45, 7) is 3.87. The molecular formula is C13H24N2O3. The number of carboxylic acids is 1. The molecule has 0 aliphatic heterocycles. The zero-order chi connectivity index (χ0) is 13.8. The molecule has 1 saturated carbocycles. The molecule has 1 amide bonds. The zero-order valence-corrected chi connectivity index (χ0v) is 11.2. The average Bonchev–Trinajstić information content (AvgIpc) is 2.62. The summed E-state index contributed by atoms with van der Waals surface area (Å²) in [7, 11) is 0. The molecule has 1 rings (SSSR count). The number of rotatable bonds is 6. The molecule has 1 fully saturated rings. The topological polar surface area (TPSA) is 92.4 Å². The van der Waals surface area contributed by atoms with Crippen molar-refractivity contribution in [3.63, 3.8) is 0 Å². The quantitative estimate of drug-likeness (QED) is 0.667. The van der Waals surface area contributed by atoms with Crippen LogP contribution in [0.2, 0.25) is 0 Å². The lowest BCUT2D eigenvalue weighted by molar-refractivity contribution is -0.142. The molecule has 0 spiro atoms. The predicted molar refractivity (Wildman–Crippen MR) is 69.0 cm³/mol. The highest BCUT2D eigenvalue weighted by atomic mass is 16.4. The Labute approximate surface area is 108 Å². The van der Waals surface area contributed by atoms with Crippen LogP contribution in [0, 0.1) is 5.92 Å². The highest BCUT2D eigenvalue weighted by Crippen LogP contribution is 2.29. The second kappa shape index (κ2) is 6.18. The van der Waals surface area contributed by atoms with Crippen LogP contribution in [-0.2, 0) is 9.59 Å². The third-order valence-electron chi connectivity index (χ3n) is 3.45. The maximum absolute atomic E-state index is 11.8. The molecule has 0 unspecified atom stereocenters. The van der Waals surface area contributed by atoms with E-state index in [4.69, 9.17) is 10.8 Å². The normalized spacial score (nSPS) is 19.8. The van der Waals surface area contributed by atoms with Crippen molar-refractivity contribution >= 4 is 11.9 Å². The Morgan fingerprint density at radius 1 is 1.33 bits per heavy atom. The summed E-state index contributed by atoms with van der Waals surface area (Å²) in [5, 5.41) is 11.6. The van der Waals surface area contributed by atoms with Gasteiger partial charge in [-0.15, -0.1) is 0 Å². The summed E-state index contributed by atoms with van der Waals surface area (Å²) in [6, 6.07) is -0.803. The van der Waals surface area contributed by atoms with Crippen molar-refractivity contribution < 1.29 is 14.7 Å². The molecule has 1 atom stereocenters. The summed E-state index contributed by atoms with van der Waals surface area (Å²) in [5.74, 6) is -0.994. The molecule has 1 aliphatic rings. The molecule has 0 heterocycles. The highest BCUT2D eigenvalue weighted by Gasteiger charge is 2.33. The molecule has 0 bridgehead atoms. The fraction of sp³-hybridized carbons (Fsp3) is 0.846. The molecule has 0 aromatic heterocycles. The Morgan fingerprint density at radius 2 is 1.89 bits per heavy atom. The number of amides is 1. The van der Waals surface area contributed by atoms with E-state index in [0.29, 0.717) is 6.42 Å². The van der Waals surface area contributed by atoms with Crippen LogP contribution in [0.5, 0.6) is 0 Å². The van der Waals surface area contributed by atoms with Gasteiger partial charge in [0.1, 0.15) is 6.04 Å². The van der Waals surface area contributed by atoms with Gasteiger partial charge in [-0.1, -0.05) is 26.7 Å². The minimum absolute atomic E-state index is 0.227. The molecule has 5 heteroatoms. The lowest BCUT2D eigenvalue weighted by atomic mass is 9.94. The van der Waals surface area contributed by atoms with Crippen LogP contribution in [0.4, 0.5) is 0 Å². The van der Waals surface area contributed by atoms with Crippen LogP contribution in [-0.4, -0.2) is 28.6 Å². The number of nitrogens with one attached hydrogen (secondary N) is 1. The molecule has 4 N–H and O–H groups in total. The van der Waals surface area contributed by atoms with Gasteiger partial charge in [0.15, 0.2) is 0 Å². The molecule has 104 valence electrons. The fourth-order valence-corrected chi connectivity index (χ4v) is 2.51. The lowest BCUT2D eigenvalue weighted by Gasteiger charge is -2.24. The van der Waals surface area contributed by atoms with Gasteiger partial charge in [0, 0.05) is 12.0 Å². The second-order valence-electron chi connectivity index (χ2n) is 5.83. The molecule has 0 saturated heterocycles. The zero-order valence-electron chi connectivity index (χ0n) is 11.2. The highest BCUT2D eigenvalue weighted by molar-refractivity contribution is 5.84. The molecule has 0 aromatic rings. The van der Waals surface area contributed by atoms with Crippen molar-refractivity contribution in [3.05, 3.63) is 0 Å². The maximum Gasteiger partial charge on any atom is 0.326 e. The minimum Gasteiger partial charge on any atom is -0.480 e. The number of nitrogens with two attached hydrogens (primary N) is 1. The summed E-state index contributed by atoms with van der Waals surface area (Å²) >= 11 is 0. The van der Waals surface area contributed by atoms with Crippen LogP contribution < -0.4 is 11.1 Å².